The lowest BCUT2D eigenvalue weighted by molar-refractivity contribution is -0.135. The zero-order valence-corrected chi connectivity index (χ0v) is 7.52. The third kappa shape index (κ3) is 2.23. The van der Waals surface area contributed by atoms with Crippen LogP contribution in [0, 0.1) is 11.3 Å². The van der Waals surface area contributed by atoms with Crippen LogP contribution >= 0.6 is 0 Å². The van der Waals surface area contributed by atoms with E-state index < -0.39 is 12.1 Å². The van der Waals surface area contributed by atoms with Crippen molar-refractivity contribution in [1.29, 1.82) is 5.26 Å². The topological polar surface area (TPSA) is 79.6 Å². The van der Waals surface area contributed by atoms with E-state index in [4.69, 9.17) is 5.26 Å². The molecule has 6 heteroatoms. The molecule has 0 bridgehead atoms. The number of esters is 1. The number of carbonyl (C=O) groups excluding carboxylic acids is 2. The molecule has 0 aromatic carbocycles. The van der Waals surface area contributed by atoms with Crippen molar-refractivity contribution in [2.24, 2.45) is 0 Å². The Bertz CT molecular complexity index is 329. The van der Waals surface area contributed by atoms with Crippen molar-refractivity contribution < 1.29 is 19.1 Å². The van der Waals surface area contributed by atoms with E-state index in [0.29, 0.717) is 6.54 Å². The summed E-state index contributed by atoms with van der Waals surface area (Å²) in [5, 5.41) is 8.66. The lowest BCUT2D eigenvalue weighted by Crippen LogP contribution is -2.23. The minimum absolute atomic E-state index is 0.0392. The van der Waals surface area contributed by atoms with Crippen molar-refractivity contribution in [3.05, 3.63) is 12.0 Å². The molecule has 0 N–H and O–H groups in total. The number of cyclic esters (lactones) is 1. The molecule has 0 aromatic heterocycles. The number of rotatable bonds is 2. The van der Waals surface area contributed by atoms with Gasteiger partial charge in [0.25, 0.3) is 0 Å². The van der Waals surface area contributed by atoms with Crippen molar-refractivity contribution >= 4 is 12.1 Å². The summed E-state index contributed by atoms with van der Waals surface area (Å²) in [6.07, 6.45) is 0.333. The van der Waals surface area contributed by atoms with Gasteiger partial charge in [-0.2, -0.15) is 5.26 Å². The van der Waals surface area contributed by atoms with E-state index in [1.54, 1.807) is 6.07 Å². The average Bonchev–Trinajstić information content (AvgIpc) is 2.53. The standard InChI is InChI=1S/C8H8N2O4/c1-6(11)14-5-7(4-9)10-2-3-13-8(10)12/h5H,2-3H2,1H3/b7-5-. The highest BCUT2D eigenvalue weighted by atomic mass is 16.6. The third-order valence-electron chi connectivity index (χ3n) is 1.50. The molecular weight excluding hydrogens is 188 g/mol. The first-order valence-corrected chi connectivity index (χ1v) is 3.87. The van der Waals surface area contributed by atoms with E-state index in [9.17, 15) is 9.59 Å². The molecule has 0 saturated carbocycles. The highest BCUT2D eigenvalue weighted by molar-refractivity contribution is 5.73. The van der Waals surface area contributed by atoms with Gasteiger partial charge in [0.1, 0.15) is 18.9 Å². The molecule has 0 atom stereocenters. The average molecular weight is 196 g/mol. The third-order valence-corrected chi connectivity index (χ3v) is 1.50. The summed E-state index contributed by atoms with van der Waals surface area (Å²) in [7, 11) is 0. The number of nitriles is 1. The highest BCUT2D eigenvalue weighted by Crippen LogP contribution is 2.11. The Kier molecular flexibility index (Phi) is 3.07. The van der Waals surface area contributed by atoms with Gasteiger partial charge < -0.3 is 9.47 Å². The van der Waals surface area contributed by atoms with Gasteiger partial charge in [0.2, 0.25) is 0 Å². The van der Waals surface area contributed by atoms with Crippen molar-refractivity contribution in [3.63, 3.8) is 0 Å². The van der Waals surface area contributed by atoms with E-state index in [1.807, 2.05) is 0 Å². The maximum Gasteiger partial charge on any atom is 0.415 e. The molecule has 0 spiro atoms. The molecule has 1 saturated heterocycles. The molecule has 0 aromatic rings. The number of ether oxygens (including phenoxy) is 2. The maximum absolute atomic E-state index is 11.0. The van der Waals surface area contributed by atoms with Gasteiger partial charge in [0.05, 0.1) is 6.54 Å². The van der Waals surface area contributed by atoms with Gasteiger partial charge in [0.15, 0.2) is 5.70 Å². The van der Waals surface area contributed by atoms with Crippen LogP contribution in [0.25, 0.3) is 0 Å². The lowest BCUT2D eigenvalue weighted by Gasteiger charge is -2.09. The number of hydrogen-bond donors (Lipinski definition) is 0. The van der Waals surface area contributed by atoms with Gasteiger partial charge >= 0.3 is 12.1 Å². The monoisotopic (exact) mass is 196 g/mol. The van der Waals surface area contributed by atoms with Crippen LogP contribution in [0.3, 0.4) is 0 Å². The van der Waals surface area contributed by atoms with Crippen LogP contribution in [0.4, 0.5) is 4.79 Å². The van der Waals surface area contributed by atoms with Crippen molar-refractivity contribution in [1.82, 2.24) is 4.90 Å². The second kappa shape index (κ2) is 4.28. The quantitative estimate of drug-likeness (QED) is 0.362. The molecule has 6 nitrogen and oxygen atoms in total. The fourth-order valence-corrected chi connectivity index (χ4v) is 0.901. The molecule has 1 amide bonds. The van der Waals surface area contributed by atoms with Crippen LogP contribution in [0.5, 0.6) is 0 Å². The Morgan fingerprint density at radius 2 is 2.50 bits per heavy atom. The Hall–Kier alpha value is -2.03. The predicted octanol–water partition coefficient (Wildman–Crippen LogP) is 0.367. The first-order valence-electron chi connectivity index (χ1n) is 3.87. The summed E-state index contributed by atoms with van der Waals surface area (Å²) >= 11 is 0. The molecule has 0 radical (unpaired) electrons. The summed E-state index contributed by atoms with van der Waals surface area (Å²) in [6, 6.07) is 1.74. The van der Waals surface area contributed by atoms with E-state index in [-0.39, 0.29) is 12.3 Å². The Labute approximate surface area is 80.3 Å². The number of carbonyl (C=O) groups is 2. The van der Waals surface area contributed by atoms with Gasteiger partial charge in [-0.25, -0.2) is 4.79 Å². The molecule has 1 heterocycles. The van der Waals surface area contributed by atoms with Gasteiger partial charge in [-0.05, 0) is 0 Å². The van der Waals surface area contributed by atoms with E-state index >= 15 is 0 Å². The minimum atomic E-state index is -0.607. The molecule has 0 unspecified atom stereocenters. The van der Waals surface area contributed by atoms with E-state index in [0.717, 1.165) is 11.2 Å². The van der Waals surface area contributed by atoms with Crippen molar-refractivity contribution in [2.75, 3.05) is 13.2 Å². The molecule has 14 heavy (non-hydrogen) atoms. The molecule has 0 aliphatic carbocycles. The van der Waals surface area contributed by atoms with Gasteiger partial charge in [-0.1, -0.05) is 0 Å². The fraction of sp³-hybridized carbons (Fsp3) is 0.375. The summed E-state index contributed by atoms with van der Waals surface area (Å²) in [5.74, 6) is -0.551. The van der Waals surface area contributed by atoms with E-state index in [2.05, 4.69) is 9.47 Å². The maximum atomic E-state index is 11.0. The minimum Gasteiger partial charge on any atom is -0.447 e. The molecular formula is C8H8N2O4. The van der Waals surface area contributed by atoms with Crippen molar-refractivity contribution in [2.45, 2.75) is 6.92 Å². The SMILES string of the molecule is CC(=O)O/C=C(/C#N)N1CCOC1=O. The molecule has 1 aliphatic rings. The number of amides is 1. The largest absolute Gasteiger partial charge is 0.447 e. The van der Waals surface area contributed by atoms with Gasteiger partial charge in [-0.15, -0.1) is 0 Å². The first-order chi connectivity index (χ1) is 6.65. The summed E-state index contributed by atoms with van der Waals surface area (Å²) < 4.78 is 9.09. The zero-order valence-electron chi connectivity index (χ0n) is 7.52. The Morgan fingerprint density at radius 1 is 1.79 bits per heavy atom. The van der Waals surface area contributed by atoms with Crippen LogP contribution in [-0.4, -0.2) is 30.1 Å². The normalized spacial score (nSPS) is 16.1. The second-order valence-corrected chi connectivity index (χ2v) is 2.49. The van der Waals surface area contributed by atoms with Crippen LogP contribution < -0.4 is 0 Å². The number of allylic oxidation sites excluding steroid dienone is 1. The number of nitrogens with zero attached hydrogens (tertiary/aromatic N) is 2. The molecule has 74 valence electrons. The van der Waals surface area contributed by atoms with Crippen LogP contribution in [0.1, 0.15) is 6.92 Å². The van der Waals surface area contributed by atoms with Gasteiger partial charge in [0, 0.05) is 6.92 Å². The van der Waals surface area contributed by atoms with Crippen LogP contribution in [0.2, 0.25) is 0 Å². The molecule has 1 aliphatic heterocycles. The highest BCUT2D eigenvalue weighted by Gasteiger charge is 2.25. The fourth-order valence-electron chi connectivity index (χ4n) is 0.901. The molecule has 1 rings (SSSR count). The lowest BCUT2D eigenvalue weighted by atomic mass is 10.4. The second-order valence-electron chi connectivity index (χ2n) is 2.49. The predicted molar refractivity (Wildman–Crippen MR) is 43.5 cm³/mol. The zero-order chi connectivity index (χ0) is 10.6. The van der Waals surface area contributed by atoms with Crippen LogP contribution in [0.15, 0.2) is 12.0 Å². The number of hydrogen-bond acceptors (Lipinski definition) is 5. The summed E-state index contributed by atoms with van der Waals surface area (Å²) in [5.41, 5.74) is -0.0392. The van der Waals surface area contributed by atoms with Crippen molar-refractivity contribution in [3.8, 4) is 6.07 Å². The van der Waals surface area contributed by atoms with Gasteiger partial charge in [-0.3, -0.25) is 9.69 Å². The van der Waals surface area contributed by atoms with Crippen LogP contribution in [-0.2, 0) is 14.3 Å². The Balaban J connectivity index is 2.71. The van der Waals surface area contributed by atoms with E-state index in [1.165, 1.54) is 6.92 Å². The summed E-state index contributed by atoms with van der Waals surface area (Å²) in [6.45, 7) is 1.73. The first kappa shape index (κ1) is 10.1. The summed E-state index contributed by atoms with van der Waals surface area (Å²) in [4.78, 5) is 22.5. The Morgan fingerprint density at radius 3 is 2.93 bits per heavy atom. The molecule has 1 fully saturated rings. The smallest absolute Gasteiger partial charge is 0.415 e.